The maximum atomic E-state index is 12.5. The first-order chi connectivity index (χ1) is 11.6. The van der Waals surface area contributed by atoms with E-state index in [1.165, 1.54) is 0 Å². The minimum Gasteiger partial charge on any atom is -0.438 e. The second kappa shape index (κ2) is 6.95. The van der Waals surface area contributed by atoms with Crippen LogP contribution >= 0.6 is 0 Å². The molecule has 0 saturated heterocycles. The summed E-state index contributed by atoms with van der Waals surface area (Å²) in [5, 5.41) is 6.73. The molecule has 3 rings (SSSR count). The van der Waals surface area contributed by atoms with E-state index >= 15 is 0 Å². The van der Waals surface area contributed by atoms with Crippen LogP contribution < -0.4 is 10.1 Å². The van der Waals surface area contributed by atoms with E-state index in [-0.39, 0.29) is 11.8 Å². The van der Waals surface area contributed by atoms with Gasteiger partial charge in [-0.3, -0.25) is 4.79 Å². The minimum atomic E-state index is -0.269. The summed E-state index contributed by atoms with van der Waals surface area (Å²) in [5.74, 6) is 1.31. The molecule has 3 aromatic rings. The molecule has 0 aliphatic rings. The number of hydrogen-bond donors (Lipinski definition) is 1. The Morgan fingerprint density at radius 2 is 1.96 bits per heavy atom. The van der Waals surface area contributed by atoms with Crippen molar-refractivity contribution in [2.45, 2.75) is 20.4 Å². The Morgan fingerprint density at radius 1 is 1.17 bits per heavy atom. The molecule has 24 heavy (non-hydrogen) atoms. The summed E-state index contributed by atoms with van der Waals surface area (Å²) in [4.78, 5) is 16.7. The third-order valence-corrected chi connectivity index (χ3v) is 3.58. The van der Waals surface area contributed by atoms with Crippen molar-refractivity contribution in [1.82, 2.24) is 15.5 Å². The number of carbonyl (C=O) groups is 1. The highest BCUT2D eigenvalue weighted by Crippen LogP contribution is 2.22. The van der Waals surface area contributed by atoms with Crippen LogP contribution in [0.5, 0.6) is 11.6 Å². The summed E-state index contributed by atoms with van der Waals surface area (Å²) in [6.45, 7) is 3.99. The quantitative estimate of drug-likeness (QED) is 0.778. The van der Waals surface area contributed by atoms with Gasteiger partial charge in [-0.05, 0) is 38.1 Å². The Kier molecular flexibility index (Phi) is 4.56. The van der Waals surface area contributed by atoms with Crippen LogP contribution in [0.15, 0.2) is 53.2 Å². The highest BCUT2D eigenvalue weighted by molar-refractivity contribution is 5.96. The second-order valence-corrected chi connectivity index (χ2v) is 5.26. The van der Waals surface area contributed by atoms with Crippen molar-refractivity contribution >= 4 is 5.91 Å². The number of carbonyl (C=O) groups excluding carboxylic acids is 1. The number of para-hydroxylation sites is 1. The van der Waals surface area contributed by atoms with Gasteiger partial charge >= 0.3 is 0 Å². The molecule has 0 aliphatic heterocycles. The Labute approximate surface area is 139 Å². The minimum absolute atomic E-state index is 0.264. The number of nitrogens with zero attached hydrogens (tertiary/aromatic N) is 2. The van der Waals surface area contributed by atoms with E-state index in [1.54, 1.807) is 30.5 Å². The fraction of sp³-hybridized carbons (Fsp3) is 0.167. The van der Waals surface area contributed by atoms with Gasteiger partial charge in [0.2, 0.25) is 5.88 Å². The van der Waals surface area contributed by atoms with Crippen molar-refractivity contribution in [3.05, 3.63) is 71.2 Å². The zero-order valence-corrected chi connectivity index (χ0v) is 13.4. The molecule has 0 atom stereocenters. The molecule has 2 aromatic heterocycles. The number of hydrogen-bond acceptors (Lipinski definition) is 5. The molecule has 1 N–H and O–H groups in total. The lowest BCUT2D eigenvalue weighted by Crippen LogP contribution is -2.24. The average molecular weight is 323 g/mol. The lowest BCUT2D eigenvalue weighted by molar-refractivity contribution is 0.0948. The highest BCUT2D eigenvalue weighted by Gasteiger charge is 2.16. The zero-order chi connectivity index (χ0) is 16.9. The van der Waals surface area contributed by atoms with Crippen LogP contribution in [0, 0.1) is 13.8 Å². The van der Waals surface area contributed by atoms with E-state index in [9.17, 15) is 4.79 Å². The molecule has 1 aromatic carbocycles. The number of rotatable bonds is 5. The fourth-order valence-electron chi connectivity index (χ4n) is 2.26. The zero-order valence-electron chi connectivity index (χ0n) is 13.4. The molecule has 0 fully saturated rings. The van der Waals surface area contributed by atoms with E-state index in [0.29, 0.717) is 23.6 Å². The molecule has 0 aliphatic carbocycles. The highest BCUT2D eigenvalue weighted by atomic mass is 16.5. The van der Waals surface area contributed by atoms with Gasteiger partial charge in [-0.25, -0.2) is 4.98 Å². The van der Waals surface area contributed by atoms with Crippen molar-refractivity contribution in [2.75, 3.05) is 0 Å². The molecule has 0 unspecified atom stereocenters. The van der Waals surface area contributed by atoms with Crippen molar-refractivity contribution in [3.63, 3.8) is 0 Å². The van der Waals surface area contributed by atoms with E-state index in [2.05, 4.69) is 15.5 Å². The topological polar surface area (TPSA) is 77.3 Å². The number of nitrogens with one attached hydrogen (secondary N) is 1. The number of amides is 1. The summed E-state index contributed by atoms with van der Waals surface area (Å²) in [6, 6.07) is 12.6. The third-order valence-electron chi connectivity index (χ3n) is 3.58. The van der Waals surface area contributed by atoms with E-state index in [1.807, 2.05) is 32.0 Å². The van der Waals surface area contributed by atoms with Gasteiger partial charge in [0.15, 0.2) is 0 Å². The lowest BCUT2D eigenvalue weighted by atomic mass is 10.2. The predicted molar refractivity (Wildman–Crippen MR) is 87.9 cm³/mol. The van der Waals surface area contributed by atoms with Gasteiger partial charge in [-0.1, -0.05) is 23.4 Å². The predicted octanol–water partition coefficient (Wildman–Crippen LogP) is 3.41. The van der Waals surface area contributed by atoms with Crippen molar-refractivity contribution < 1.29 is 14.1 Å². The number of aryl methyl sites for hydroxylation is 2. The average Bonchev–Trinajstić information content (AvgIpc) is 2.92. The van der Waals surface area contributed by atoms with Gasteiger partial charge in [0.1, 0.15) is 17.1 Å². The molecule has 0 spiro atoms. The van der Waals surface area contributed by atoms with E-state index in [0.717, 1.165) is 11.3 Å². The number of benzene rings is 1. The van der Waals surface area contributed by atoms with Gasteiger partial charge in [-0.15, -0.1) is 0 Å². The molecule has 0 radical (unpaired) electrons. The summed E-state index contributed by atoms with van der Waals surface area (Å²) < 4.78 is 10.8. The maximum absolute atomic E-state index is 12.5. The van der Waals surface area contributed by atoms with Crippen LogP contribution in [0.4, 0.5) is 0 Å². The van der Waals surface area contributed by atoms with Crippen LogP contribution in [0.1, 0.15) is 27.4 Å². The Morgan fingerprint density at radius 3 is 2.67 bits per heavy atom. The van der Waals surface area contributed by atoms with Gasteiger partial charge in [-0.2, -0.15) is 0 Å². The Hall–Kier alpha value is -3.15. The number of aromatic nitrogens is 2. The monoisotopic (exact) mass is 323 g/mol. The first kappa shape index (κ1) is 15.7. The Balaban J connectivity index is 1.75. The largest absolute Gasteiger partial charge is 0.438 e. The second-order valence-electron chi connectivity index (χ2n) is 5.26. The molecular formula is C18H17N3O3. The summed E-state index contributed by atoms with van der Waals surface area (Å²) in [5.41, 5.74) is 2.01. The van der Waals surface area contributed by atoms with E-state index < -0.39 is 0 Å². The molecular weight excluding hydrogens is 306 g/mol. The number of ether oxygens (including phenoxy) is 1. The lowest BCUT2D eigenvalue weighted by Gasteiger charge is -2.10. The van der Waals surface area contributed by atoms with Crippen LogP contribution in [-0.4, -0.2) is 16.0 Å². The van der Waals surface area contributed by atoms with Gasteiger partial charge in [0.25, 0.3) is 5.91 Å². The SMILES string of the molecule is Cc1noc(C)c1CNC(=O)c1cccnc1Oc1ccccc1. The summed E-state index contributed by atoms with van der Waals surface area (Å²) in [7, 11) is 0. The molecule has 6 heteroatoms. The van der Waals surface area contributed by atoms with Crippen molar-refractivity contribution in [1.29, 1.82) is 0 Å². The van der Waals surface area contributed by atoms with Crippen LogP contribution in [-0.2, 0) is 6.54 Å². The van der Waals surface area contributed by atoms with Crippen LogP contribution in [0.2, 0.25) is 0 Å². The molecule has 1 amide bonds. The first-order valence-corrected chi connectivity index (χ1v) is 7.53. The van der Waals surface area contributed by atoms with Gasteiger partial charge in [0.05, 0.1) is 5.69 Å². The summed E-state index contributed by atoms with van der Waals surface area (Å²) in [6.07, 6.45) is 1.59. The van der Waals surface area contributed by atoms with E-state index in [4.69, 9.17) is 9.26 Å². The third kappa shape index (κ3) is 3.43. The standard InChI is InChI=1S/C18H17N3O3/c1-12-16(13(2)24-21-12)11-20-17(22)15-9-6-10-19-18(15)23-14-7-4-3-5-8-14/h3-10H,11H2,1-2H3,(H,20,22). The summed E-state index contributed by atoms with van der Waals surface area (Å²) >= 11 is 0. The van der Waals surface area contributed by atoms with Crippen molar-refractivity contribution in [2.24, 2.45) is 0 Å². The van der Waals surface area contributed by atoms with Crippen molar-refractivity contribution in [3.8, 4) is 11.6 Å². The van der Waals surface area contributed by atoms with Gasteiger partial charge < -0.3 is 14.6 Å². The first-order valence-electron chi connectivity index (χ1n) is 7.53. The molecule has 2 heterocycles. The van der Waals surface area contributed by atoms with Crippen LogP contribution in [0.25, 0.3) is 0 Å². The number of pyridine rings is 1. The van der Waals surface area contributed by atoms with Gasteiger partial charge in [0, 0.05) is 18.3 Å². The smallest absolute Gasteiger partial charge is 0.257 e. The van der Waals surface area contributed by atoms with Crippen LogP contribution in [0.3, 0.4) is 0 Å². The maximum Gasteiger partial charge on any atom is 0.257 e. The molecule has 0 bridgehead atoms. The normalized spacial score (nSPS) is 10.4. The molecule has 0 saturated carbocycles. The Bertz CT molecular complexity index is 824. The molecule has 122 valence electrons. The molecule has 6 nitrogen and oxygen atoms in total. The fourth-order valence-corrected chi connectivity index (χ4v) is 2.26.